The van der Waals surface area contributed by atoms with Gasteiger partial charge in [-0.15, -0.1) is 0 Å². The van der Waals surface area contributed by atoms with Gasteiger partial charge in [0.25, 0.3) is 0 Å². The summed E-state index contributed by atoms with van der Waals surface area (Å²) in [6.45, 7) is 4.46. The van der Waals surface area contributed by atoms with Crippen LogP contribution in [0.3, 0.4) is 0 Å². The van der Waals surface area contributed by atoms with E-state index in [0.717, 1.165) is 5.71 Å². The molecule has 0 atom stereocenters. The summed E-state index contributed by atoms with van der Waals surface area (Å²) in [6, 6.07) is 0. The summed E-state index contributed by atoms with van der Waals surface area (Å²) in [5.74, 6) is 0. The lowest BCUT2D eigenvalue weighted by Crippen LogP contribution is -1.92. The maximum Gasteiger partial charge on any atom is 0.0369 e. The second kappa shape index (κ2) is 6.23. The summed E-state index contributed by atoms with van der Waals surface area (Å²) >= 11 is 0. The van der Waals surface area contributed by atoms with Crippen LogP contribution >= 0.6 is 0 Å². The van der Waals surface area contributed by atoms with E-state index in [0.29, 0.717) is 6.54 Å². The first-order valence-corrected chi connectivity index (χ1v) is 3.33. The van der Waals surface area contributed by atoms with Gasteiger partial charge >= 0.3 is 0 Å². The summed E-state index contributed by atoms with van der Waals surface area (Å²) in [5, 5.41) is 0. The van der Waals surface area contributed by atoms with Gasteiger partial charge in [0.2, 0.25) is 0 Å². The van der Waals surface area contributed by atoms with E-state index < -0.39 is 0 Å². The summed E-state index contributed by atoms with van der Waals surface area (Å²) in [4.78, 5) is 4.07. The van der Waals surface area contributed by atoms with Crippen molar-refractivity contribution >= 4 is 5.71 Å². The molecule has 0 saturated carbocycles. The minimum absolute atomic E-state index is 0.548. The molecule has 0 aliphatic rings. The van der Waals surface area contributed by atoms with Crippen LogP contribution in [0, 0.1) is 0 Å². The minimum atomic E-state index is 0.548. The van der Waals surface area contributed by atoms with Crippen molar-refractivity contribution in [3.8, 4) is 0 Å². The van der Waals surface area contributed by atoms with Gasteiger partial charge in [0.1, 0.15) is 0 Å². The number of hydrogen-bond acceptors (Lipinski definition) is 2. The molecule has 0 saturated heterocycles. The quantitative estimate of drug-likeness (QED) is 0.589. The Balaban J connectivity index is 3.79. The lowest BCUT2D eigenvalue weighted by molar-refractivity contribution is 1.24. The highest BCUT2D eigenvalue weighted by Crippen LogP contribution is 1.82. The molecule has 0 aromatic heterocycles. The third-order valence-corrected chi connectivity index (χ3v) is 0.928. The topological polar surface area (TPSA) is 38.4 Å². The zero-order chi connectivity index (χ0) is 7.82. The highest BCUT2D eigenvalue weighted by atomic mass is 14.7. The molecule has 0 aliphatic heterocycles. The predicted molar refractivity (Wildman–Crippen MR) is 46.1 cm³/mol. The maximum absolute atomic E-state index is 5.21. The largest absolute Gasteiger partial charge is 0.327 e. The smallest absolute Gasteiger partial charge is 0.0369 e. The van der Waals surface area contributed by atoms with Gasteiger partial charge in [0.05, 0.1) is 0 Å². The summed E-state index contributed by atoms with van der Waals surface area (Å²) < 4.78 is 0. The lowest BCUT2D eigenvalue weighted by Gasteiger charge is -1.84. The highest BCUT2D eigenvalue weighted by Gasteiger charge is 1.75. The van der Waals surface area contributed by atoms with Gasteiger partial charge in [-0.2, -0.15) is 0 Å². The Labute approximate surface area is 62.1 Å². The van der Waals surface area contributed by atoms with E-state index in [4.69, 9.17) is 5.73 Å². The molecule has 0 unspecified atom stereocenters. The van der Waals surface area contributed by atoms with Gasteiger partial charge in [-0.05, 0) is 19.9 Å². The van der Waals surface area contributed by atoms with Crippen LogP contribution in [0.4, 0.5) is 0 Å². The first-order valence-electron chi connectivity index (χ1n) is 3.33. The molecule has 2 heteroatoms. The Morgan fingerprint density at radius 3 is 2.80 bits per heavy atom. The fourth-order valence-electron chi connectivity index (χ4n) is 0.515. The van der Waals surface area contributed by atoms with Gasteiger partial charge in [-0.1, -0.05) is 12.2 Å². The average Bonchev–Trinajstić information content (AvgIpc) is 1.89. The maximum atomic E-state index is 5.21. The zero-order valence-electron chi connectivity index (χ0n) is 6.54. The second-order valence-electron chi connectivity index (χ2n) is 1.89. The standard InChI is InChI=1S/C8H14N2/c1-3-5-8(2)10-7-4-6-9/h3-5,7H,6,9H2,1-2H3/b5-3+,7-4+,10-8+. The molecule has 0 bridgehead atoms. The van der Waals surface area contributed by atoms with Crippen LogP contribution in [0.2, 0.25) is 0 Å². The molecular formula is C8H14N2. The summed E-state index contributed by atoms with van der Waals surface area (Å²) in [6.07, 6.45) is 7.43. The normalized spacial score (nSPS) is 13.7. The van der Waals surface area contributed by atoms with Crippen LogP contribution in [0.1, 0.15) is 13.8 Å². The molecule has 0 radical (unpaired) electrons. The van der Waals surface area contributed by atoms with Crippen molar-refractivity contribution in [2.45, 2.75) is 13.8 Å². The first-order chi connectivity index (χ1) is 4.81. The van der Waals surface area contributed by atoms with Crippen molar-refractivity contribution in [1.82, 2.24) is 0 Å². The predicted octanol–water partition coefficient (Wildman–Crippen LogP) is 1.50. The van der Waals surface area contributed by atoms with E-state index >= 15 is 0 Å². The van der Waals surface area contributed by atoms with E-state index in [1.165, 1.54) is 0 Å². The van der Waals surface area contributed by atoms with Crippen LogP contribution in [-0.4, -0.2) is 12.3 Å². The molecule has 0 heterocycles. The minimum Gasteiger partial charge on any atom is -0.327 e. The van der Waals surface area contributed by atoms with Crippen molar-refractivity contribution in [3.63, 3.8) is 0 Å². The second-order valence-corrected chi connectivity index (χ2v) is 1.89. The number of nitrogens with two attached hydrogens (primary N) is 1. The molecule has 56 valence electrons. The lowest BCUT2D eigenvalue weighted by atomic mass is 10.4. The SMILES string of the molecule is C/C=C/C(C)=N/C=C/CN. The summed E-state index contributed by atoms with van der Waals surface area (Å²) in [7, 11) is 0. The Morgan fingerprint density at radius 1 is 1.60 bits per heavy atom. The van der Waals surface area contributed by atoms with Crippen LogP contribution < -0.4 is 5.73 Å². The fraction of sp³-hybridized carbons (Fsp3) is 0.375. The number of aliphatic imine (C=N–C) groups is 1. The van der Waals surface area contributed by atoms with Crippen molar-refractivity contribution in [2.24, 2.45) is 10.7 Å². The van der Waals surface area contributed by atoms with Crippen LogP contribution in [0.25, 0.3) is 0 Å². The van der Waals surface area contributed by atoms with E-state index in [-0.39, 0.29) is 0 Å². The van der Waals surface area contributed by atoms with Gasteiger partial charge in [0.15, 0.2) is 0 Å². The molecule has 0 spiro atoms. The number of hydrogen-bond donors (Lipinski definition) is 1. The number of nitrogens with zero attached hydrogens (tertiary/aromatic N) is 1. The van der Waals surface area contributed by atoms with E-state index in [1.807, 2.05) is 32.1 Å². The van der Waals surface area contributed by atoms with E-state index in [2.05, 4.69) is 4.99 Å². The fourth-order valence-corrected chi connectivity index (χ4v) is 0.515. The molecule has 0 fully saturated rings. The highest BCUT2D eigenvalue weighted by molar-refractivity contribution is 5.93. The Morgan fingerprint density at radius 2 is 2.30 bits per heavy atom. The van der Waals surface area contributed by atoms with Crippen LogP contribution in [-0.2, 0) is 0 Å². The molecule has 2 nitrogen and oxygen atoms in total. The molecule has 0 rings (SSSR count). The molecule has 2 N–H and O–H groups in total. The van der Waals surface area contributed by atoms with Crippen molar-refractivity contribution in [3.05, 3.63) is 24.4 Å². The Hall–Kier alpha value is -0.890. The molecule has 10 heavy (non-hydrogen) atoms. The number of allylic oxidation sites excluding steroid dienone is 2. The third-order valence-electron chi connectivity index (χ3n) is 0.928. The zero-order valence-corrected chi connectivity index (χ0v) is 6.54. The molecule has 0 amide bonds. The first kappa shape index (κ1) is 9.11. The molecule has 0 aromatic rings. The van der Waals surface area contributed by atoms with Gasteiger partial charge in [-0.25, -0.2) is 0 Å². The van der Waals surface area contributed by atoms with Gasteiger partial charge in [0, 0.05) is 18.5 Å². The van der Waals surface area contributed by atoms with Crippen molar-refractivity contribution in [2.75, 3.05) is 6.54 Å². The monoisotopic (exact) mass is 138 g/mol. The van der Waals surface area contributed by atoms with Gasteiger partial charge < -0.3 is 5.73 Å². The molecule has 0 aromatic carbocycles. The van der Waals surface area contributed by atoms with Crippen molar-refractivity contribution in [1.29, 1.82) is 0 Å². The molecule has 0 aliphatic carbocycles. The van der Waals surface area contributed by atoms with Crippen molar-refractivity contribution < 1.29 is 0 Å². The average molecular weight is 138 g/mol. The Bertz CT molecular complexity index is 155. The third kappa shape index (κ3) is 5.25. The van der Waals surface area contributed by atoms with Crippen LogP contribution in [0.5, 0.6) is 0 Å². The molecular weight excluding hydrogens is 124 g/mol. The van der Waals surface area contributed by atoms with E-state index in [9.17, 15) is 0 Å². The van der Waals surface area contributed by atoms with Crippen LogP contribution in [0.15, 0.2) is 29.4 Å². The summed E-state index contributed by atoms with van der Waals surface area (Å²) in [5.41, 5.74) is 6.21. The number of rotatable bonds is 3. The van der Waals surface area contributed by atoms with E-state index in [1.54, 1.807) is 6.20 Å². The Kier molecular flexibility index (Phi) is 5.68. The van der Waals surface area contributed by atoms with Gasteiger partial charge in [-0.3, -0.25) is 4.99 Å².